The third kappa shape index (κ3) is 3.65. The van der Waals surface area contributed by atoms with Crippen LogP contribution in [0.2, 0.25) is 0 Å². The number of rotatable bonds is 5. The summed E-state index contributed by atoms with van der Waals surface area (Å²) >= 11 is 1.79. The van der Waals surface area contributed by atoms with Gasteiger partial charge in [-0.1, -0.05) is 42.5 Å². The highest BCUT2D eigenvalue weighted by Crippen LogP contribution is 2.36. The normalized spacial score (nSPS) is 16.5. The number of hydrogen-bond donors (Lipinski definition) is 1. The number of anilines is 1. The quantitative estimate of drug-likeness (QED) is 0.884. The molecule has 1 fully saturated rings. The lowest BCUT2D eigenvalue weighted by Gasteiger charge is -2.36. The summed E-state index contributed by atoms with van der Waals surface area (Å²) in [5.41, 5.74) is 2.69. The van der Waals surface area contributed by atoms with E-state index in [9.17, 15) is 4.79 Å². The summed E-state index contributed by atoms with van der Waals surface area (Å²) in [4.78, 5) is 13.1. The van der Waals surface area contributed by atoms with Crippen LogP contribution in [-0.2, 0) is 20.7 Å². The van der Waals surface area contributed by atoms with E-state index in [-0.39, 0.29) is 5.91 Å². The number of carbonyl (C=O) groups is 1. The fraction of sp³-hybridized carbons (Fsp3) is 0.350. The van der Waals surface area contributed by atoms with Crippen LogP contribution in [0.1, 0.15) is 24.0 Å². The average Bonchev–Trinajstić information content (AvgIpc) is 2.65. The molecule has 1 aliphatic heterocycles. The van der Waals surface area contributed by atoms with Crippen molar-refractivity contribution in [3.8, 4) is 0 Å². The van der Waals surface area contributed by atoms with Crippen LogP contribution in [0.5, 0.6) is 0 Å². The van der Waals surface area contributed by atoms with E-state index in [2.05, 4.69) is 23.7 Å². The number of carbonyl (C=O) groups excluding carboxylic acids is 1. The first-order valence-corrected chi connectivity index (χ1v) is 9.66. The largest absolute Gasteiger partial charge is 0.381 e. The van der Waals surface area contributed by atoms with Crippen molar-refractivity contribution < 1.29 is 9.53 Å². The highest BCUT2D eigenvalue weighted by molar-refractivity contribution is 7.97. The zero-order valence-electron chi connectivity index (χ0n) is 14.0. The molecule has 0 bridgehead atoms. The van der Waals surface area contributed by atoms with Crippen LogP contribution in [-0.4, -0.2) is 25.4 Å². The van der Waals surface area contributed by atoms with Gasteiger partial charge < -0.3 is 10.1 Å². The fourth-order valence-corrected chi connectivity index (χ4v) is 3.75. The molecule has 0 spiro atoms. The molecule has 3 nitrogen and oxygen atoms in total. The minimum absolute atomic E-state index is 0.0645. The molecule has 2 aromatic carbocycles. The van der Waals surface area contributed by atoms with Gasteiger partial charge in [-0.2, -0.15) is 11.8 Å². The SMILES string of the molecule is CSCc1ccc(NC(=O)C2(c3ccccc3)CCOCC2)cc1. The predicted octanol–water partition coefficient (Wildman–Crippen LogP) is 4.24. The van der Waals surface area contributed by atoms with Crippen molar-refractivity contribution in [2.24, 2.45) is 0 Å². The fourth-order valence-electron chi connectivity index (χ4n) is 3.23. The second-order valence-electron chi connectivity index (χ2n) is 6.14. The lowest BCUT2D eigenvalue weighted by atomic mass is 9.73. The first-order chi connectivity index (χ1) is 11.7. The third-order valence-electron chi connectivity index (χ3n) is 4.63. The number of amides is 1. The Hall–Kier alpha value is -1.78. The van der Waals surface area contributed by atoms with E-state index in [1.165, 1.54) is 5.56 Å². The molecule has 2 aromatic rings. The molecule has 24 heavy (non-hydrogen) atoms. The second kappa shape index (κ2) is 7.86. The minimum Gasteiger partial charge on any atom is -0.381 e. The van der Waals surface area contributed by atoms with E-state index in [4.69, 9.17) is 4.74 Å². The van der Waals surface area contributed by atoms with Crippen molar-refractivity contribution in [2.75, 3.05) is 24.8 Å². The maximum atomic E-state index is 13.1. The molecule has 0 aliphatic carbocycles. The summed E-state index contributed by atoms with van der Waals surface area (Å²) in [6, 6.07) is 18.2. The molecule has 0 saturated carbocycles. The first-order valence-electron chi connectivity index (χ1n) is 8.27. The van der Waals surface area contributed by atoms with Gasteiger partial charge in [0.25, 0.3) is 0 Å². The third-order valence-corrected chi connectivity index (χ3v) is 5.25. The van der Waals surface area contributed by atoms with Crippen LogP contribution >= 0.6 is 11.8 Å². The Balaban J connectivity index is 1.81. The molecule has 4 heteroatoms. The van der Waals surface area contributed by atoms with Crippen LogP contribution in [0.25, 0.3) is 0 Å². The van der Waals surface area contributed by atoms with Crippen molar-refractivity contribution in [1.29, 1.82) is 0 Å². The van der Waals surface area contributed by atoms with Crippen LogP contribution in [0.15, 0.2) is 54.6 Å². The molecule has 126 valence electrons. The molecule has 1 heterocycles. The monoisotopic (exact) mass is 341 g/mol. The number of nitrogens with one attached hydrogen (secondary N) is 1. The van der Waals surface area contributed by atoms with Crippen LogP contribution < -0.4 is 5.32 Å². The first kappa shape index (κ1) is 17.1. The van der Waals surface area contributed by atoms with E-state index >= 15 is 0 Å². The molecular weight excluding hydrogens is 318 g/mol. The predicted molar refractivity (Wildman–Crippen MR) is 100 cm³/mol. The lowest BCUT2D eigenvalue weighted by molar-refractivity contribution is -0.125. The summed E-state index contributed by atoms with van der Waals surface area (Å²) in [5, 5.41) is 3.12. The molecule has 1 amide bonds. The topological polar surface area (TPSA) is 38.3 Å². The molecule has 3 rings (SSSR count). The molecule has 1 aliphatic rings. The summed E-state index contributed by atoms with van der Waals surface area (Å²) in [7, 11) is 0. The number of benzene rings is 2. The van der Waals surface area contributed by atoms with Gasteiger partial charge in [0.05, 0.1) is 5.41 Å². The summed E-state index contributed by atoms with van der Waals surface area (Å²) in [5.74, 6) is 1.05. The van der Waals surface area contributed by atoms with E-state index in [1.54, 1.807) is 11.8 Å². The number of thioether (sulfide) groups is 1. The van der Waals surface area contributed by atoms with E-state index in [0.717, 1.165) is 17.0 Å². The maximum absolute atomic E-state index is 13.1. The molecule has 0 atom stereocenters. The molecule has 1 saturated heterocycles. The Kier molecular flexibility index (Phi) is 5.59. The van der Waals surface area contributed by atoms with Gasteiger partial charge in [0.2, 0.25) is 5.91 Å². The van der Waals surface area contributed by atoms with Crippen molar-refractivity contribution in [1.82, 2.24) is 0 Å². The smallest absolute Gasteiger partial charge is 0.235 e. The van der Waals surface area contributed by atoms with Crippen molar-refractivity contribution in [3.05, 3.63) is 65.7 Å². The zero-order chi connectivity index (χ0) is 16.8. The molecule has 0 radical (unpaired) electrons. The van der Waals surface area contributed by atoms with Gasteiger partial charge in [0, 0.05) is 24.7 Å². The van der Waals surface area contributed by atoms with Gasteiger partial charge >= 0.3 is 0 Å². The van der Waals surface area contributed by atoms with Crippen molar-refractivity contribution in [3.63, 3.8) is 0 Å². The highest BCUT2D eigenvalue weighted by Gasteiger charge is 2.41. The molecule has 0 unspecified atom stereocenters. The lowest BCUT2D eigenvalue weighted by Crippen LogP contribution is -2.44. The minimum atomic E-state index is -0.503. The van der Waals surface area contributed by atoms with Crippen LogP contribution in [0.4, 0.5) is 5.69 Å². The van der Waals surface area contributed by atoms with Crippen LogP contribution in [0.3, 0.4) is 0 Å². The Bertz CT molecular complexity index is 664. The Labute approximate surface area is 147 Å². The van der Waals surface area contributed by atoms with Gasteiger partial charge in [-0.05, 0) is 42.4 Å². The van der Waals surface area contributed by atoms with Crippen molar-refractivity contribution >= 4 is 23.4 Å². The van der Waals surface area contributed by atoms with Gasteiger partial charge in [0.1, 0.15) is 0 Å². The molecule has 1 N–H and O–H groups in total. The summed E-state index contributed by atoms with van der Waals surface area (Å²) in [6.45, 7) is 1.24. The number of hydrogen-bond acceptors (Lipinski definition) is 3. The molecule has 0 aromatic heterocycles. The van der Waals surface area contributed by atoms with Gasteiger partial charge in [-0.25, -0.2) is 0 Å². The standard InChI is InChI=1S/C20H23NO2S/c1-24-15-16-7-9-18(10-8-16)21-19(22)20(11-13-23-14-12-20)17-5-3-2-4-6-17/h2-10H,11-15H2,1H3,(H,21,22). The highest BCUT2D eigenvalue weighted by atomic mass is 32.2. The number of ether oxygens (including phenoxy) is 1. The Morgan fingerprint density at radius 3 is 2.38 bits per heavy atom. The molecular formula is C20H23NO2S. The zero-order valence-corrected chi connectivity index (χ0v) is 14.8. The average molecular weight is 341 g/mol. The summed E-state index contributed by atoms with van der Waals surface area (Å²) in [6.07, 6.45) is 3.52. The van der Waals surface area contributed by atoms with E-state index in [1.807, 2.05) is 42.5 Å². The van der Waals surface area contributed by atoms with Crippen LogP contribution in [0, 0.1) is 0 Å². The Morgan fingerprint density at radius 1 is 1.08 bits per heavy atom. The van der Waals surface area contributed by atoms with Crippen molar-refractivity contribution in [2.45, 2.75) is 24.0 Å². The van der Waals surface area contributed by atoms with Gasteiger partial charge in [0.15, 0.2) is 0 Å². The van der Waals surface area contributed by atoms with E-state index < -0.39 is 5.41 Å². The maximum Gasteiger partial charge on any atom is 0.235 e. The Morgan fingerprint density at radius 2 is 1.75 bits per heavy atom. The van der Waals surface area contributed by atoms with Gasteiger partial charge in [-0.3, -0.25) is 4.79 Å². The van der Waals surface area contributed by atoms with Gasteiger partial charge in [-0.15, -0.1) is 0 Å². The summed E-state index contributed by atoms with van der Waals surface area (Å²) < 4.78 is 5.51. The second-order valence-corrected chi connectivity index (χ2v) is 7.01. The van der Waals surface area contributed by atoms with E-state index in [0.29, 0.717) is 26.1 Å².